The van der Waals surface area contributed by atoms with Gasteiger partial charge in [-0.05, 0) is 55.5 Å². The second-order valence-electron chi connectivity index (χ2n) is 6.50. The standard InChI is InChI=1S/C20H17N3O3S/c1-26-12-8-6-11(7-9-12)17(24)14(10-21)18-22-19(25)16-13-4-2-3-5-15(13)27-20(16)23-18/h6-9,14H,2-5H2,1H3,(H,22,23,25). The molecule has 0 fully saturated rings. The van der Waals surface area contributed by atoms with Gasteiger partial charge in [-0.15, -0.1) is 11.3 Å². The van der Waals surface area contributed by atoms with Gasteiger partial charge in [-0.1, -0.05) is 0 Å². The number of aryl methyl sites for hydroxylation is 2. The third kappa shape index (κ3) is 3.02. The van der Waals surface area contributed by atoms with Crippen molar-refractivity contribution >= 4 is 27.3 Å². The third-order valence-corrected chi connectivity index (χ3v) is 6.07. The highest BCUT2D eigenvalue weighted by atomic mass is 32.1. The predicted octanol–water partition coefficient (Wildman–Crippen LogP) is 3.36. The van der Waals surface area contributed by atoms with Crippen LogP contribution in [-0.2, 0) is 12.8 Å². The van der Waals surface area contributed by atoms with E-state index in [2.05, 4.69) is 9.97 Å². The van der Waals surface area contributed by atoms with Crippen molar-refractivity contribution in [3.8, 4) is 11.8 Å². The normalized spacial score (nSPS) is 14.4. The SMILES string of the molecule is COc1ccc(C(=O)C(C#N)c2nc3sc4c(c3c(=O)[nH]2)CCCC4)cc1. The number of ether oxygens (including phenoxy) is 1. The molecule has 3 aromatic rings. The first-order valence-corrected chi connectivity index (χ1v) is 9.56. The maximum atomic E-state index is 12.8. The van der Waals surface area contributed by atoms with Crippen molar-refractivity contribution in [2.75, 3.05) is 7.11 Å². The fraction of sp³-hybridized carbons (Fsp3) is 0.300. The van der Waals surface area contributed by atoms with Crippen LogP contribution in [0.1, 0.15) is 45.4 Å². The van der Waals surface area contributed by atoms with Gasteiger partial charge in [-0.25, -0.2) is 4.98 Å². The van der Waals surface area contributed by atoms with Crippen LogP contribution in [-0.4, -0.2) is 22.9 Å². The molecule has 1 aliphatic rings. The molecule has 7 heteroatoms. The Balaban J connectivity index is 1.76. The number of rotatable bonds is 4. The molecule has 1 N–H and O–H groups in total. The number of benzene rings is 1. The van der Waals surface area contributed by atoms with E-state index in [0.29, 0.717) is 21.5 Å². The minimum Gasteiger partial charge on any atom is -0.497 e. The minimum atomic E-state index is -1.16. The van der Waals surface area contributed by atoms with E-state index in [1.165, 1.54) is 16.2 Å². The Kier molecular flexibility index (Phi) is 4.50. The van der Waals surface area contributed by atoms with Crippen LogP contribution < -0.4 is 10.3 Å². The molecule has 0 bridgehead atoms. The van der Waals surface area contributed by atoms with E-state index in [4.69, 9.17) is 4.74 Å². The number of thiophene rings is 1. The van der Waals surface area contributed by atoms with Crippen LogP contribution in [0.4, 0.5) is 0 Å². The summed E-state index contributed by atoms with van der Waals surface area (Å²) in [5, 5.41) is 10.2. The number of hydrogen-bond donors (Lipinski definition) is 1. The van der Waals surface area contributed by atoms with Crippen LogP contribution in [0.15, 0.2) is 29.1 Å². The van der Waals surface area contributed by atoms with Crippen molar-refractivity contribution in [2.45, 2.75) is 31.6 Å². The van der Waals surface area contributed by atoms with Gasteiger partial charge < -0.3 is 9.72 Å². The molecule has 2 heterocycles. The lowest BCUT2D eigenvalue weighted by atomic mass is 9.96. The molecule has 6 nitrogen and oxygen atoms in total. The zero-order chi connectivity index (χ0) is 19.0. The van der Waals surface area contributed by atoms with Gasteiger partial charge >= 0.3 is 0 Å². The molecular weight excluding hydrogens is 362 g/mol. The third-order valence-electron chi connectivity index (χ3n) is 4.88. The summed E-state index contributed by atoms with van der Waals surface area (Å²) in [6, 6.07) is 8.52. The van der Waals surface area contributed by atoms with E-state index < -0.39 is 11.7 Å². The highest BCUT2D eigenvalue weighted by molar-refractivity contribution is 7.18. The number of ketones is 1. The summed E-state index contributed by atoms with van der Waals surface area (Å²) in [7, 11) is 1.54. The number of Topliss-reactive ketones (excluding diaryl/α,β-unsaturated/α-hetero) is 1. The largest absolute Gasteiger partial charge is 0.497 e. The number of nitrogens with zero attached hydrogens (tertiary/aromatic N) is 2. The maximum Gasteiger partial charge on any atom is 0.259 e. The number of nitrogens with one attached hydrogen (secondary N) is 1. The number of carbonyl (C=O) groups is 1. The number of methoxy groups -OCH3 is 1. The van der Waals surface area contributed by atoms with Crippen molar-refractivity contribution in [3.05, 3.63) is 56.4 Å². The fourth-order valence-corrected chi connectivity index (χ4v) is 4.75. The second kappa shape index (κ2) is 6.97. The van der Waals surface area contributed by atoms with Gasteiger partial charge in [-0.2, -0.15) is 5.26 Å². The molecule has 1 aliphatic carbocycles. The van der Waals surface area contributed by atoms with Gasteiger partial charge in [0.25, 0.3) is 5.56 Å². The molecule has 0 amide bonds. The smallest absolute Gasteiger partial charge is 0.259 e. The first-order chi connectivity index (χ1) is 13.1. The lowest BCUT2D eigenvalue weighted by Crippen LogP contribution is -2.20. The predicted molar refractivity (Wildman–Crippen MR) is 103 cm³/mol. The van der Waals surface area contributed by atoms with Gasteiger partial charge in [0.1, 0.15) is 16.4 Å². The number of hydrogen-bond acceptors (Lipinski definition) is 6. The summed E-state index contributed by atoms with van der Waals surface area (Å²) in [5.74, 6) is -0.829. The van der Waals surface area contributed by atoms with Crippen molar-refractivity contribution in [1.82, 2.24) is 9.97 Å². The van der Waals surface area contributed by atoms with Gasteiger partial charge in [-0.3, -0.25) is 9.59 Å². The summed E-state index contributed by atoms with van der Waals surface area (Å²) in [6.07, 6.45) is 4.02. The quantitative estimate of drug-likeness (QED) is 0.701. The number of carbonyl (C=O) groups excluding carboxylic acids is 1. The highest BCUT2D eigenvalue weighted by Crippen LogP contribution is 2.34. The van der Waals surface area contributed by atoms with Crippen molar-refractivity contribution in [3.63, 3.8) is 0 Å². The van der Waals surface area contributed by atoms with Crippen LogP contribution in [0.3, 0.4) is 0 Å². The number of aromatic nitrogens is 2. The molecule has 0 saturated carbocycles. The van der Waals surface area contributed by atoms with Crippen LogP contribution in [0.2, 0.25) is 0 Å². The summed E-state index contributed by atoms with van der Waals surface area (Å²) in [5.41, 5.74) is 1.18. The van der Waals surface area contributed by atoms with Gasteiger partial charge in [0.2, 0.25) is 0 Å². The Morgan fingerprint density at radius 3 is 2.74 bits per heavy atom. The van der Waals surface area contributed by atoms with Gasteiger partial charge in [0.15, 0.2) is 11.7 Å². The van der Waals surface area contributed by atoms with Crippen LogP contribution in [0.25, 0.3) is 10.2 Å². The molecule has 1 unspecified atom stereocenters. The van der Waals surface area contributed by atoms with E-state index in [1.54, 1.807) is 31.4 Å². The van der Waals surface area contributed by atoms with Crippen LogP contribution in [0.5, 0.6) is 5.75 Å². The van der Waals surface area contributed by atoms with E-state index in [1.807, 2.05) is 6.07 Å². The minimum absolute atomic E-state index is 0.106. The molecular formula is C20H17N3O3S. The molecule has 0 aliphatic heterocycles. The van der Waals surface area contributed by atoms with Crippen molar-refractivity contribution < 1.29 is 9.53 Å². The average molecular weight is 379 g/mol. The summed E-state index contributed by atoms with van der Waals surface area (Å²) in [4.78, 5) is 34.4. The molecule has 0 spiro atoms. The molecule has 1 atom stereocenters. The first kappa shape index (κ1) is 17.4. The average Bonchev–Trinajstić information content (AvgIpc) is 3.07. The first-order valence-electron chi connectivity index (χ1n) is 8.74. The van der Waals surface area contributed by atoms with E-state index in [0.717, 1.165) is 31.2 Å². The second-order valence-corrected chi connectivity index (χ2v) is 7.58. The molecule has 0 saturated heterocycles. The molecule has 4 rings (SSSR count). The lowest BCUT2D eigenvalue weighted by Gasteiger charge is -2.10. The molecule has 27 heavy (non-hydrogen) atoms. The Hall–Kier alpha value is -2.98. The fourth-order valence-electron chi connectivity index (χ4n) is 3.48. The molecule has 0 radical (unpaired) electrons. The van der Waals surface area contributed by atoms with Crippen molar-refractivity contribution in [1.29, 1.82) is 5.26 Å². The number of nitriles is 1. The summed E-state index contributed by atoms with van der Waals surface area (Å²) < 4.78 is 5.09. The lowest BCUT2D eigenvalue weighted by molar-refractivity contribution is 0.0976. The zero-order valence-corrected chi connectivity index (χ0v) is 15.6. The maximum absolute atomic E-state index is 12.8. The van der Waals surface area contributed by atoms with Crippen molar-refractivity contribution in [2.24, 2.45) is 0 Å². The zero-order valence-electron chi connectivity index (χ0n) is 14.7. The number of fused-ring (bicyclic) bond motifs is 3. The number of H-pyrrole nitrogens is 1. The Morgan fingerprint density at radius 2 is 2.04 bits per heavy atom. The van der Waals surface area contributed by atoms with Gasteiger partial charge in [0.05, 0.1) is 18.6 Å². The molecule has 136 valence electrons. The van der Waals surface area contributed by atoms with Crippen LogP contribution in [0, 0.1) is 11.3 Å². The van der Waals surface area contributed by atoms with E-state index >= 15 is 0 Å². The van der Waals surface area contributed by atoms with Crippen LogP contribution >= 0.6 is 11.3 Å². The molecule has 1 aromatic carbocycles. The Bertz CT molecular complexity index is 1120. The highest BCUT2D eigenvalue weighted by Gasteiger charge is 2.27. The topological polar surface area (TPSA) is 95.8 Å². The Labute approximate surface area is 159 Å². The summed E-state index contributed by atoms with van der Waals surface area (Å²) >= 11 is 1.50. The van der Waals surface area contributed by atoms with E-state index in [-0.39, 0.29) is 11.4 Å². The Morgan fingerprint density at radius 1 is 1.30 bits per heavy atom. The van der Waals surface area contributed by atoms with E-state index in [9.17, 15) is 14.9 Å². The summed E-state index contributed by atoms with van der Waals surface area (Å²) in [6.45, 7) is 0. The monoisotopic (exact) mass is 379 g/mol. The molecule has 2 aromatic heterocycles. The van der Waals surface area contributed by atoms with Gasteiger partial charge in [0, 0.05) is 10.4 Å². The number of aromatic amines is 1.